The molecule has 6 heteroatoms. The molecule has 5 nitrogen and oxygen atoms in total. The van der Waals surface area contributed by atoms with Gasteiger partial charge >= 0.3 is 0 Å². The maximum absolute atomic E-state index is 13.3. The minimum atomic E-state index is -0.208. The number of benzene rings is 1. The molecule has 1 aromatic heterocycles. The first-order chi connectivity index (χ1) is 14.4. The molecule has 1 amide bonds. The minimum Gasteiger partial charge on any atom is -0.352 e. The van der Waals surface area contributed by atoms with E-state index in [1.807, 2.05) is 30.9 Å². The zero-order valence-electron chi connectivity index (χ0n) is 18.2. The van der Waals surface area contributed by atoms with Crippen LogP contribution in [0.25, 0.3) is 0 Å². The van der Waals surface area contributed by atoms with Gasteiger partial charge in [0.1, 0.15) is 17.5 Å². The standard InChI is InChI=1S/C24H31FN4O/c1-16(2)24(30)28-13-10-19(11-14-28)22-26-17(3)21-5-4-12-29(23(21)27-22)15-18-6-8-20(25)9-7-18/h6-9,16,19H,4-5,10-15H2,1-3H3. The lowest BCUT2D eigenvalue weighted by Gasteiger charge is -2.34. The number of amides is 1. The quantitative estimate of drug-likeness (QED) is 0.757. The van der Waals surface area contributed by atoms with Crippen molar-refractivity contribution < 1.29 is 9.18 Å². The molecule has 1 saturated heterocycles. The van der Waals surface area contributed by atoms with Crippen LogP contribution < -0.4 is 4.90 Å². The maximum Gasteiger partial charge on any atom is 0.225 e. The highest BCUT2D eigenvalue weighted by molar-refractivity contribution is 5.78. The number of aryl methyl sites for hydroxylation is 1. The van der Waals surface area contributed by atoms with E-state index in [2.05, 4.69) is 11.8 Å². The first-order valence-electron chi connectivity index (χ1n) is 11.1. The molecule has 0 spiro atoms. The van der Waals surface area contributed by atoms with Crippen LogP contribution in [0.4, 0.5) is 10.2 Å². The van der Waals surface area contributed by atoms with Gasteiger partial charge in [-0.2, -0.15) is 0 Å². The molecule has 0 saturated carbocycles. The molecular weight excluding hydrogens is 379 g/mol. The molecule has 0 bridgehead atoms. The summed E-state index contributed by atoms with van der Waals surface area (Å²) in [6.07, 6.45) is 3.90. The fraction of sp³-hybridized carbons (Fsp3) is 0.542. The number of halogens is 1. The number of hydrogen-bond acceptors (Lipinski definition) is 4. The van der Waals surface area contributed by atoms with Crippen molar-refractivity contribution in [3.8, 4) is 0 Å². The molecule has 2 aromatic rings. The lowest BCUT2D eigenvalue weighted by molar-refractivity contribution is -0.135. The van der Waals surface area contributed by atoms with Crippen molar-refractivity contribution >= 4 is 11.7 Å². The summed E-state index contributed by atoms with van der Waals surface area (Å²) in [6, 6.07) is 6.73. The van der Waals surface area contributed by atoms with Crippen LogP contribution >= 0.6 is 0 Å². The van der Waals surface area contributed by atoms with Crippen LogP contribution in [0.3, 0.4) is 0 Å². The highest BCUT2D eigenvalue weighted by Crippen LogP contribution is 2.33. The smallest absolute Gasteiger partial charge is 0.225 e. The third kappa shape index (κ3) is 4.32. The van der Waals surface area contributed by atoms with Gasteiger partial charge in [-0.25, -0.2) is 14.4 Å². The number of nitrogens with zero attached hydrogens (tertiary/aromatic N) is 4. The van der Waals surface area contributed by atoms with Gasteiger partial charge in [0.15, 0.2) is 0 Å². The summed E-state index contributed by atoms with van der Waals surface area (Å²) >= 11 is 0. The predicted octanol–water partition coefficient (Wildman–Crippen LogP) is 4.24. The molecule has 4 rings (SSSR count). The average Bonchev–Trinajstić information content (AvgIpc) is 2.75. The predicted molar refractivity (Wildman–Crippen MR) is 116 cm³/mol. The molecule has 0 atom stereocenters. The van der Waals surface area contributed by atoms with Gasteiger partial charge in [-0.15, -0.1) is 0 Å². The van der Waals surface area contributed by atoms with E-state index in [9.17, 15) is 9.18 Å². The van der Waals surface area contributed by atoms with Gasteiger partial charge in [0.2, 0.25) is 5.91 Å². The number of rotatable bonds is 4. The van der Waals surface area contributed by atoms with Crippen molar-refractivity contribution in [2.45, 2.75) is 58.9 Å². The minimum absolute atomic E-state index is 0.0452. The number of likely N-dealkylation sites (tertiary alicyclic amines) is 1. The Hall–Kier alpha value is -2.50. The Morgan fingerprint density at radius 2 is 1.83 bits per heavy atom. The Morgan fingerprint density at radius 1 is 1.13 bits per heavy atom. The Balaban J connectivity index is 1.53. The molecule has 1 aromatic carbocycles. The Kier molecular flexibility index (Phi) is 6.02. The highest BCUT2D eigenvalue weighted by atomic mass is 19.1. The van der Waals surface area contributed by atoms with Crippen molar-refractivity contribution in [3.63, 3.8) is 0 Å². The number of carbonyl (C=O) groups is 1. The van der Waals surface area contributed by atoms with E-state index in [-0.39, 0.29) is 17.6 Å². The molecule has 30 heavy (non-hydrogen) atoms. The lowest BCUT2D eigenvalue weighted by atomic mass is 9.94. The summed E-state index contributed by atoms with van der Waals surface area (Å²) in [5, 5.41) is 0. The van der Waals surface area contributed by atoms with Gasteiger partial charge in [0.25, 0.3) is 0 Å². The summed E-state index contributed by atoms with van der Waals surface area (Å²) in [7, 11) is 0. The Morgan fingerprint density at radius 3 is 2.50 bits per heavy atom. The van der Waals surface area contributed by atoms with E-state index in [0.717, 1.165) is 74.8 Å². The molecule has 1 fully saturated rings. The average molecular weight is 411 g/mol. The Bertz CT molecular complexity index is 904. The van der Waals surface area contributed by atoms with Gasteiger partial charge in [-0.3, -0.25) is 4.79 Å². The molecule has 2 aliphatic rings. The normalized spacial score (nSPS) is 17.4. The second kappa shape index (κ2) is 8.70. The van der Waals surface area contributed by atoms with Crippen LogP contribution in [0, 0.1) is 18.7 Å². The molecule has 0 N–H and O–H groups in total. The van der Waals surface area contributed by atoms with Gasteiger partial charge in [-0.1, -0.05) is 26.0 Å². The van der Waals surface area contributed by atoms with Crippen LogP contribution in [0.5, 0.6) is 0 Å². The van der Waals surface area contributed by atoms with Crippen LogP contribution in [0.1, 0.15) is 61.7 Å². The van der Waals surface area contributed by atoms with Crippen molar-refractivity contribution in [3.05, 3.63) is 52.7 Å². The summed E-state index contributed by atoms with van der Waals surface area (Å²) in [5.74, 6) is 2.31. The molecule has 2 aliphatic heterocycles. The van der Waals surface area contributed by atoms with E-state index >= 15 is 0 Å². The first-order valence-corrected chi connectivity index (χ1v) is 11.1. The molecular formula is C24H31FN4O. The van der Waals surface area contributed by atoms with Gasteiger partial charge in [0, 0.05) is 49.3 Å². The van der Waals surface area contributed by atoms with Crippen molar-refractivity contribution in [1.82, 2.24) is 14.9 Å². The second-order valence-electron chi connectivity index (χ2n) is 8.88. The zero-order chi connectivity index (χ0) is 21.3. The highest BCUT2D eigenvalue weighted by Gasteiger charge is 2.29. The summed E-state index contributed by atoms with van der Waals surface area (Å²) in [5.41, 5.74) is 3.39. The summed E-state index contributed by atoms with van der Waals surface area (Å²) < 4.78 is 13.3. The largest absolute Gasteiger partial charge is 0.352 e. The van der Waals surface area contributed by atoms with Crippen molar-refractivity contribution in [2.24, 2.45) is 5.92 Å². The maximum atomic E-state index is 13.3. The molecule has 0 aliphatic carbocycles. The van der Waals surface area contributed by atoms with Gasteiger partial charge < -0.3 is 9.80 Å². The number of carbonyl (C=O) groups excluding carboxylic acids is 1. The summed E-state index contributed by atoms with van der Waals surface area (Å²) in [4.78, 5) is 26.5. The van der Waals surface area contributed by atoms with Crippen molar-refractivity contribution in [2.75, 3.05) is 24.5 Å². The summed E-state index contributed by atoms with van der Waals surface area (Å²) in [6.45, 7) is 9.23. The van der Waals surface area contributed by atoms with Crippen LogP contribution in [0.2, 0.25) is 0 Å². The number of anilines is 1. The number of aromatic nitrogens is 2. The second-order valence-corrected chi connectivity index (χ2v) is 8.88. The Labute approximate surface area is 178 Å². The van der Waals surface area contributed by atoms with Crippen LogP contribution in [-0.2, 0) is 17.8 Å². The molecule has 0 radical (unpaired) electrons. The third-order valence-corrected chi connectivity index (χ3v) is 6.32. The number of fused-ring (bicyclic) bond motifs is 1. The van der Waals surface area contributed by atoms with E-state index in [4.69, 9.17) is 9.97 Å². The SMILES string of the molecule is Cc1nc(C2CCN(C(=O)C(C)C)CC2)nc2c1CCCN2Cc1ccc(F)cc1. The van der Waals surface area contributed by atoms with E-state index in [0.29, 0.717) is 5.92 Å². The molecule has 160 valence electrons. The van der Waals surface area contributed by atoms with E-state index in [1.165, 1.54) is 17.7 Å². The van der Waals surface area contributed by atoms with Crippen molar-refractivity contribution in [1.29, 1.82) is 0 Å². The van der Waals surface area contributed by atoms with Crippen LogP contribution in [0.15, 0.2) is 24.3 Å². The monoisotopic (exact) mass is 410 g/mol. The molecule has 3 heterocycles. The third-order valence-electron chi connectivity index (χ3n) is 6.32. The lowest BCUT2D eigenvalue weighted by Crippen LogP contribution is -2.40. The number of hydrogen-bond donors (Lipinski definition) is 0. The number of piperidine rings is 1. The fourth-order valence-corrected chi connectivity index (χ4v) is 4.58. The topological polar surface area (TPSA) is 49.3 Å². The van der Waals surface area contributed by atoms with Crippen LogP contribution in [-0.4, -0.2) is 40.4 Å². The zero-order valence-corrected chi connectivity index (χ0v) is 18.2. The van der Waals surface area contributed by atoms with Gasteiger partial charge in [0.05, 0.1) is 0 Å². The van der Waals surface area contributed by atoms with E-state index < -0.39 is 0 Å². The fourth-order valence-electron chi connectivity index (χ4n) is 4.58. The van der Waals surface area contributed by atoms with E-state index in [1.54, 1.807) is 0 Å². The molecule has 0 unspecified atom stereocenters. The van der Waals surface area contributed by atoms with Gasteiger partial charge in [-0.05, 0) is 50.3 Å². The first kappa shape index (κ1) is 20.8.